The maximum absolute atomic E-state index is 2.17. The van der Waals surface area contributed by atoms with Gasteiger partial charge in [-0.25, -0.2) is 17.7 Å². The number of hydrogen-bond acceptors (Lipinski definition) is 0. The van der Waals surface area contributed by atoms with Crippen LogP contribution in [0.2, 0.25) is 0 Å². The monoisotopic (exact) mass is 352 g/mol. The SMILES string of the molecule is Cc1c[cH-]c(C)c1.[Cl-].[Cl-].[Ti+4].c1ccc(-c2cc[cH-]c2)cc1. The van der Waals surface area contributed by atoms with Gasteiger partial charge in [0.05, 0.1) is 0 Å². The first-order valence-corrected chi connectivity index (χ1v) is 6.23. The fraction of sp³-hybridized carbons (Fsp3) is 0.111. The van der Waals surface area contributed by atoms with E-state index in [9.17, 15) is 0 Å². The van der Waals surface area contributed by atoms with Crippen molar-refractivity contribution in [1.82, 2.24) is 0 Å². The topological polar surface area (TPSA) is 0 Å². The van der Waals surface area contributed by atoms with Gasteiger partial charge in [0.2, 0.25) is 0 Å². The van der Waals surface area contributed by atoms with Crippen LogP contribution in [-0.2, 0) is 21.7 Å². The Balaban J connectivity index is 0. The zero-order valence-corrected chi connectivity index (χ0v) is 15.3. The number of rotatable bonds is 1. The molecule has 3 aromatic rings. The average Bonchev–Trinajstić information content (AvgIpc) is 3.03. The van der Waals surface area contributed by atoms with Crippen LogP contribution in [0.1, 0.15) is 11.1 Å². The van der Waals surface area contributed by atoms with Crippen LogP contribution in [0.4, 0.5) is 0 Å². The van der Waals surface area contributed by atoms with Crippen LogP contribution < -0.4 is 24.8 Å². The van der Waals surface area contributed by atoms with E-state index in [1.165, 1.54) is 22.3 Å². The van der Waals surface area contributed by atoms with Gasteiger partial charge in [0, 0.05) is 0 Å². The zero-order chi connectivity index (χ0) is 12.8. The molecule has 3 aromatic carbocycles. The first-order valence-electron chi connectivity index (χ1n) is 6.23. The average molecular weight is 353 g/mol. The summed E-state index contributed by atoms with van der Waals surface area (Å²) in [6.07, 6.45) is 0. The third kappa shape index (κ3) is 7.69. The van der Waals surface area contributed by atoms with E-state index in [4.69, 9.17) is 0 Å². The Morgan fingerprint density at radius 1 is 0.810 bits per heavy atom. The predicted octanol–water partition coefficient (Wildman–Crippen LogP) is -0.900. The summed E-state index contributed by atoms with van der Waals surface area (Å²) < 4.78 is 0. The molecule has 0 radical (unpaired) electrons. The van der Waals surface area contributed by atoms with Gasteiger partial charge in [0.1, 0.15) is 0 Å². The molecule has 0 spiro atoms. The van der Waals surface area contributed by atoms with Crippen molar-refractivity contribution in [1.29, 1.82) is 0 Å². The summed E-state index contributed by atoms with van der Waals surface area (Å²) in [6.45, 7) is 4.21. The summed E-state index contributed by atoms with van der Waals surface area (Å²) in [5, 5.41) is 0. The largest absolute Gasteiger partial charge is 4.00 e. The summed E-state index contributed by atoms with van der Waals surface area (Å²) in [4.78, 5) is 0. The molecule has 0 unspecified atom stereocenters. The molecular weight excluding hydrogens is 335 g/mol. The van der Waals surface area contributed by atoms with Gasteiger partial charge in [-0.05, 0) is 0 Å². The quantitative estimate of drug-likeness (QED) is 0.393. The third-order valence-corrected chi connectivity index (χ3v) is 2.83. The van der Waals surface area contributed by atoms with Gasteiger partial charge < -0.3 is 24.8 Å². The van der Waals surface area contributed by atoms with Crippen molar-refractivity contribution in [3.8, 4) is 11.1 Å². The van der Waals surface area contributed by atoms with Crippen LogP contribution in [-0.4, -0.2) is 0 Å². The number of halogens is 2. The molecule has 0 saturated carbocycles. The molecule has 0 bridgehead atoms. The minimum atomic E-state index is 0. The Morgan fingerprint density at radius 3 is 1.86 bits per heavy atom. The summed E-state index contributed by atoms with van der Waals surface area (Å²) in [7, 11) is 0. The van der Waals surface area contributed by atoms with E-state index in [0.717, 1.165) is 0 Å². The molecule has 3 rings (SSSR count). The van der Waals surface area contributed by atoms with Gasteiger partial charge >= 0.3 is 21.7 Å². The molecule has 0 heterocycles. The van der Waals surface area contributed by atoms with Gasteiger partial charge in [-0.2, -0.15) is 41.5 Å². The van der Waals surface area contributed by atoms with Crippen LogP contribution in [0.25, 0.3) is 11.1 Å². The van der Waals surface area contributed by atoms with Gasteiger partial charge in [-0.15, -0.1) is 0 Å². The molecule has 0 nitrogen and oxygen atoms in total. The van der Waals surface area contributed by atoms with Gasteiger partial charge in [0.15, 0.2) is 0 Å². The van der Waals surface area contributed by atoms with E-state index < -0.39 is 0 Å². The van der Waals surface area contributed by atoms with Crippen LogP contribution in [0.15, 0.2) is 72.8 Å². The predicted molar refractivity (Wildman–Crippen MR) is 79.0 cm³/mol. The molecule has 0 amide bonds. The summed E-state index contributed by atoms with van der Waals surface area (Å²) in [6, 6.07) is 25.2. The van der Waals surface area contributed by atoms with Crippen molar-refractivity contribution in [2.75, 3.05) is 0 Å². The number of benzene rings is 1. The molecule has 0 aromatic heterocycles. The molecule has 0 aliphatic heterocycles. The molecule has 108 valence electrons. The molecular formula is C18H18Cl2Ti. The zero-order valence-electron chi connectivity index (χ0n) is 12.2. The van der Waals surface area contributed by atoms with Crippen molar-refractivity contribution in [2.45, 2.75) is 13.8 Å². The minimum absolute atomic E-state index is 0. The van der Waals surface area contributed by atoms with Crippen LogP contribution in [0, 0.1) is 13.8 Å². The van der Waals surface area contributed by atoms with E-state index in [1.54, 1.807) is 0 Å². The first kappa shape index (κ1) is 22.5. The number of hydrogen-bond donors (Lipinski definition) is 0. The van der Waals surface area contributed by atoms with Gasteiger partial charge in [-0.3, -0.25) is 0 Å². The van der Waals surface area contributed by atoms with Crippen molar-refractivity contribution in [2.24, 2.45) is 0 Å². The van der Waals surface area contributed by atoms with Crippen LogP contribution in [0.3, 0.4) is 0 Å². The fourth-order valence-corrected chi connectivity index (χ4v) is 1.92. The molecule has 0 N–H and O–H groups in total. The summed E-state index contributed by atoms with van der Waals surface area (Å²) >= 11 is 0. The van der Waals surface area contributed by atoms with E-state index in [-0.39, 0.29) is 46.5 Å². The van der Waals surface area contributed by atoms with Crippen LogP contribution >= 0.6 is 0 Å². The van der Waals surface area contributed by atoms with E-state index in [1.807, 2.05) is 6.07 Å². The van der Waals surface area contributed by atoms with E-state index in [2.05, 4.69) is 80.6 Å². The molecule has 0 saturated heterocycles. The van der Waals surface area contributed by atoms with E-state index in [0.29, 0.717) is 0 Å². The molecule has 0 fully saturated rings. The molecule has 21 heavy (non-hydrogen) atoms. The van der Waals surface area contributed by atoms with E-state index >= 15 is 0 Å². The molecule has 3 heteroatoms. The molecule has 0 aliphatic rings. The Bertz CT molecular complexity index is 552. The normalized spacial score (nSPS) is 8.29. The minimum Gasteiger partial charge on any atom is -1.00 e. The second-order valence-electron chi connectivity index (χ2n) is 4.51. The number of aryl methyl sites for hydroxylation is 2. The van der Waals surface area contributed by atoms with Gasteiger partial charge in [0.25, 0.3) is 0 Å². The maximum atomic E-state index is 2.17. The summed E-state index contributed by atoms with van der Waals surface area (Å²) in [5.74, 6) is 0. The van der Waals surface area contributed by atoms with Gasteiger partial charge in [-0.1, -0.05) is 49.7 Å². The van der Waals surface area contributed by atoms with Crippen molar-refractivity contribution in [3.05, 3.63) is 83.9 Å². The van der Waals surface area contributed by atoms with Crippen molar-refractivity contribution in [3.63, 3.8) is 0 Å². The maximum Gasteiger partial charge on any atom is 4.00 e. The Labute approximate surface area is 155 Å². The third-order valence-electron chi connectivity index (χ3n) is 2.83. The fourth-order valence-electron chi connectivity index (χ4n) is 1.92. The van der Waals surface area contributed by atoms with Crippen molar-refractivity contribution < 1.29 is 46.5 Å². The Kier molecular flexibility index (Phi) is 12.7. The molecule has 0 aliphatic carbocycles. The standard InChI is InChI=1S/C11H9.C7H9.2ClH.Ti/c1-2-6-10(7-3-1)11-8-4-5-9-11;1-6-3-4-7(2)5-6;;;/h1-9H;3-5H,1-2H3;2*1H;/q2*-1;;;+4/p-2. The Hall–Kier alpha value is -0.786. The second kappa shape index (κ2) is 11.8. The first-order chi connectivity index (χ1) is 8.75. The second-order valence-corrected chi connectivity index (χ2v) is 4.51. The molecule has 0 atom stereocenters. The summed E-state index contributed by atoms with van der Waals surface area (Å²) in [5.41, 5.74) is 5.30. The van der Waals surface area contributed by atoms with Crippen molar-refractivity contribution >= 4 is 0 Å². The Morgan fingerprint density at radius 2 is 1.48 bits per heavy atom. The van der Waals surface area contributed by atoms with Crippen LogP contribution in [0.5, 0.6) is 0 Å². The smallest absolute Gasteiger partial charge is 1.00 e.